The van der Waals surface area contributed by atoms with Gasteiger partial charge >= 0.3 is 0 Å². The van der Waals surface area contributed by atoms with E-state index in [1.54, 1.807) is 12.1 Å². The summed E-state index contributed by atoms with van der Waals surface area (Å²) in [5, 5.41) is 3.10. The second-order valence-electron chi connectivity index (χ2n) is 4.09. The lowest BCUT2D eigenvalue weighted by Gasteiger charge is -2.06. The minimum Gasteiger partial charge on any atom is -0.330 e. The van der Waals surface area contributed by atoms with E-state index in [1.165, 1.54) is 12.1 Å². The molecule has 3 nitrogen and oxygen atoms in total. The zero-order valence-electron chi connectivity index (χ0n) is 10.4. The lowest BCUT2D eigenvalue weighted by molar-refractivity contribution is 0.628. The minimum absolute atomic E-state index is 0.229. The molecule has 0 fully saturated rings. The van der Waals surface area contributed by atoms with Crippen LogP contribution in [0.4, 0.5) is 4.39 Å². The van der Waals surface area contributed by atoms with Crippen molar-refractivity contribution in [1.29, 1.82) is 0 Å². The number of nitrogens with one attached hydrogen (secondary N) is 1. The third kappa shape index (κ3) is 2.62. The van der Waals surface area contributed by atoms with Crippen molar-refractivity contribution in [2.75, 3.05) is 13.6 Å². The van der Waals surface area contributed by atoms with Crippen LogP contribution in [0.25, 0.3) is 11.3 Å². The summed E-state index contributed by atoms with van der Waals surface area (Å²) in [5.41, 5.74) is 1.93. The lowest BCUT2D eigenvalue weighted by Crippen LogP contribution is -2.13. The number of likely N-dealkylation sites (N-methyl/N-ethyl adjacent to an activating group) is 1. The van der Waals surface area contributed by atoms with Crippen molar-refractivity contribution in [1.82, 2.24) is 14.9 Å². The van der Waals surface area contributed by atoms with Crippen molar-refractivity contribution < 1.29 is 4.39 Å². The van der Waals surface area contributed by atoms with Gasteiger partial charge in [-0.3, -0.25) is 0 Å². The molecule has 0 bridgehead atoms. The van der Waals surface area contributed by atoms with Crippen LogP contribution in [0, 0.1) is 5.82 Å². The summed E-state index contributed by atoms with van der Waals surface area (Å²) < 4.78 is 15.8. The Morgan fingerprint density at radius 1 is 1.33 bits per heavy atom. The Labute approximate surface area is 114 Å². The molecule has 0 aliphatic rings. The van der Waals surface area contributed by atoms with Gasteiger partial charge < -0.3 is 9.88 Å². The van der Waals surface area contributed by atoms with Crippen LogP contribution in [0.15, 0.2) is 28.9 Å². The van der Waals surface area contributed by atoms with Crippen molar-refractivity contribution in [2.24, 2.45) is 7.05 Å². The topological polar surface area (TPSA) is 29.9 Å². The van der Waals surface area contributed by atoms with Gasteiger partial charge in [0.05, 0.1) is 5.69 Å². The van der Waals surface area contributed by atoms with Gasteiger partial charge in [-0.25, -0.2) is 9.37 Å². The van der Waals surface area contributed by atoms with Gasteiger partial charge in [-0.05, 0) is 47.2 Å². The Hall–Kier alpha value is -1.20. The molecule has 0 atom stereocenters. The van der Waals surface area contributed by atoms with Crippen molar-refractivity contribution >= 4 is 15.9 Å². The average molecular weight is 312 g/mol. The number of aromatic nitrogens is 2. The molecule has 0 saturated heterocycles. The Morgan fingerprint density at radius 2 is 2.00 bits per heavy atom. The molecule has 0 spiro atoms. The number of imidazole rings is 1. The first-order valence-corrected chi connectivity index (χ1v) is 6.54. The SMILES string of the molecule is CNCCc1nc(Br)c(-c2ccc(F)cc2)n1C. The van der Waals surface area contributed by atoms with Gasteiger partial charge in [0.1, 0.15) is 16.2 Å². The highest BCUT2D eigenvalue weighted by atomic mass is 79.9. The number of nitrogens with zero attached hydrogens (tertiary/aromatic N) is 2. The molecule has 2 rings (SSSR count). The fraction of sp³-hybridized carbons (Fsp3) is 0.308. The van der Waals surface area contributed by atoms with Crippen LogP contribution in [0.5, 0.6) is 0 Å². The first kappa shape index (κ1) is 13.2. The molecule has 0 saturated carbocycles. The maximum Gasteiger partial charge on any atom is 0.132 e. The van der Waals surface area contributed by atoms with E-state index < -0.39 is 0 Å². The fourth-order valence-electron chi connectivity index (χ4n) is 1.89. The number of halogens is 2. The number of hydrogen-bond donors (Lipinski definition) is 1. The zero-order chi connectivity index (χ0) is 13.1. The van der Waals surface area contributed by atoms with Crippen LogP contribution < -0.4 is 5.32 Å². The van der Waals surface area contributed by atoms with Crippen molar-refractivity contribution in [2.45, 2.75) is 6.42 Å². The Balaban J connectivity index is 2.38. The molecular formula is C13H15BrFN3. The molecule has 18 heavy (non-hydrogen) atoms. The first-order chi connectivity index (χ1) is 8.63. The van der Waals surface area contributed by atoms with E-state index in [0.29, 0.717) is 0 Å². The molecule has 1 N–H and O–H groups in total. The van der Waals surface area contributed by atoms with E-state index in [2.05, 4.69) is 26.2 Å². The number of hydrogen-bond acceptors (Lipinski definition) is 2. The Kier molecular flexibility index (Phi) is 4.14. The molecule has 0 radical (unpaired) electrons. The summed E-state index contributed by atoms with van der Waals surface area (Å²) in [7, 11) is 3.89. The quantitative estimate of drug-likeness (QED) is 0.941. The molecule has 0 aliphatic carbocycles. The van der Waals surface area contributed by atoms with E-state index >= 15 is 0 Å². The van der Waals surface area contributed by atoms with Crippen LogP contribution in [0.1, 0.15) is 5.82 Å². The molecule has 1 heterocycles. The second kappa shape index (κ2) is 5.63. The summed E-state index contributed by atoms with van der Waals surface area (Å²) in [6.45, 7) is 0.875. The van der Waals surface area contributed by atoms with Gasteiger partial charge in [0.2, 0.25) is 0 Å². The van der Waals surface area contributed by atoms with Crippen molar-refractivity contribution in [3.8, 4) is 11.3 Å². The molecule has 0 unspecified atom stereocenters. The molecular weight excluding hydrogens is 297 g/mol. The predicted molar refractivity (Wildman–Crippen MR) is 73.9 cm³/mol. The third-order valence-corrected chi connectivity index (χ3v) is 3.41. The van der Waals surface area contributed by atoms with Gasteiger partial charge in [0, 0.05) is 25.6 Å². The lowest BCUT2D eigenvalue weighted by atomic mass is 10.1. The van der Waals surface area contributed by atoms with E-state index in [-0.39, 0.29) is 5.82 Å². The highest BCUT2D eigenvalue weighted by molar-refractivity contribution is 9.10. The largest absolute Gasteiger partial charge is 0.330 e. The van der Waals surface area contributed by atoms with Gasteiger partial charge in [-0.2, -0.15) is 0 Å². The Bertz CT molecular complexity index is 534. The standard InChI is InChI=1S/C13H15BrFN3/c1-16-8-7-11-17-13(14)12(18(11)2)9-3-5-10(15)6-4-9/h3-6,16H,7-8H2,1-2H3. The van der Waals surface area contributed by atoms with E-state index in [0.717, 1.165) is 34.7 Å². The first-order valence-electron chi connectivity index (χ1n) is 5.75. The average Bonchev–Trinajstić information content (AvgIpc) is 2.63. The highest BCUT2D eigenvalue weighted by Gasteiger charge is 2.14. The summed E-state index contributed by atoms with van der Waals surface area (Å²) in [6.07, 6.45) is 0.854. The van der Waals surface area contributed by atoms with Crippen molar-refractivity contribution in [3.05, 3.63) is 40.5 Å². The summed E-state index contributed by atoms with van der Waals surface area (Å²) in [5.74, 6) is 0.767. The van der Waals surface area contributed by atoms with Crippen LogP contribution in [0.3, 0.4) is 0 Å². The fourth-order valence-corrected chi connectivity index (χ4v) is 2.59. The normalized spacial score (nSPS) is 10.9. The van der Waals surface area contributed by atoms with Crippen LogP contribution in [-0.2, 0) is 13.5 Å². The van der Waals surface area contributed by atoms with Crippen LogP contribution in [-0.4, -0.2) is 23.1 Å². The molecule has 0 amide bonds. The smallest absolute Gasteiger partial charge is 0.132 e. The summed E-state index contributed by atoms with van der Waals surface area (Å²) >= 11 is 3.47. The number of rotatable bonds is 4. The minimum atomic E-state index is -0.229. The monoisotopic (exact) mass is 311 g/mol. The highest BCUT2D eigenvalue weighted by Crippen LogP contribution is 2.28. The van der Waals surface area contributed by atoms with Gasteiger partial charge in [-0.1, -0.05) is 0 Å². The van der Waals surface area contributed by atoms with Crippen LogP contribution in [0.2, 0.25) is 0 Å². The van der Waals surface area contributed by atoms with Gasteiger partial charge in [0.25, 0.3) is 0 Å². The summed E-state index contributed by atoms with van der Waals surface area (Å²) in [6, 6.07) is 6.45. The van der Waals surface area contributed by atoms with Gasteiger partial charge in [-0.15, -0.1) is 0 Å². The molecule has 2 aromatic rings. The number of benzene rings is 1. The molecule has 0 aliphatic heterocycles. The van der Waals surface area contributed by atoms with E-state index in [1.807, 2.05) is 18.7 Å². The van der Waals surface area contributed by atoms with E-state index in [4.69, 9.17) is 0 Å². The third-order valence-electron chi connectivity index (χ3n) is 2.86. The van der Waals surface area contributed by atoms with Crippen molar-refractivity contribution in [3.63, 3.8) is 0 Å². The van der Waals surface area contributed by atoms with Gasteiger partial charge in [0.15, 0.2) is 0 Å². The van der Waals surface area contributed by atoms with E-state index in [9.17, 15) is 4.39 Å². The molecule has 5 heteroatoms. The zero-order valence-corrected chi connectivity index (χ0v) is 12.0. The van der Waals surface area contributed by atoms with Crippen LogP contribution >= 0.6 is 15.9 Å². The predicted octanol–water partition coefficient (Wildman–Crippen LogP) is 2.75. The maximum atomic E-state index is 12.9. The molecule has 1 aromatic heterocycles. The Morgan fingerprint density at radius 3 is 2.61 bits per heavy atom. The second-order valence-corrected chi connectivity index (χ2v) is 4.84. The summed E-state index contributed by atoms with van der Waals surface area (Å²) in [4.78, 5) is 4.49. The molecule has 96 valence electrons. The maximum absolute atomic E-state index is 12.9. The molecule has 1 aromatic carbocycles.